The van der Waals surface area contributed by atoms with Crippen molar-refractivity contribution in [2.75, 3.05) is 28.6 Å². The molecule has 1 aliphatic heterocycles. The van der Waals surface area contributed by atoms with Gasteiger partial charge < -0.3 is 20.6 Å². The van der Waals surface area contributed by atoms with Gasteiger partial charge in [0.2, 0.25) is 5.95 Å². The molecule has 1 aliphatic rings. The summed E-state index contributed by atoms with van der Waals surface area (Å²) in [5.41, 5.74) is 1.51. The molecule has 1 amide bonds. The summed E-state index contributed by atoms with van der Waals surface area (Å²) in [6.45, 7) is 3.09. The maximum Gasteiger partial charge on any atom is 0.258 e. The standard InChI is InChI=1S/C21H20Cl2N6O2/c1-12-9-18(28-21(25-12)29-8-6-14(30)11-29)27-17-10-13(5-7-24-17)26-20(31)19-15(22)3-2-4-16(19)23/h2-5,7,9-10,14,30H,6,8,11H2,1H3,(H2,24,25,26,27,28,31)/t14-/m0/s1. The number of amides is 1. The van der Waals surface area contributed by atoms with Gasteiger partial charge in [0.05, 0.1) is 21.7 Å². The zero-order valence-corrected chi connectivity index (χ0v) is 18.2. The van der Waals surface area contributed by atoms with E-state index in [1.807, 2.05) is 11.8 Å². The number of aromatic nitrogens is 3. The lowest BCUT2D eigenvalue weighted by molar-refractivity contribution is 0.102. The third-order valence-electron chi connectivity index (χ3n) is 4.75. The molecule has 0 spiro atoms. The SMILES string of the molecule is Cc1cc(Nc2cc(NC(=O)c3c(Cl)cccc3Cl)ccn2)nc(N2CC[C@H](O)C2)n1. The number of rotatable bonds is 5. The molecule has 2 aromatic heterocycles. The molecular formula is C21H20Cl2N6O2. The Labute approximate surface area is 189 Å². The average molecular weight is 459 g/mol. The normalized spacial score (nSPS) is 15.7. The Morgan fingerprint density at radius 2 is 1.94 bits per heavy atom. The number of anilines is 4. The summed E-state index contributed by atoms with van der Waals surface area (Å²) < 4.78 is 0. The number of nitrogens with zero attached hydrogens (tertiary/aromatic N) is 4. The van der Waals surface area contributed by atoms with E-state index in [1.54, 1.807) is 42.6 Å². The fraction of sp³-hybridized carbons (Fsp3) is 0.238. The van der Waals surface area contributed by atoms with E-state index in [0.29, 0.717) is 42.8 Å². The Balaban J connectivity index is 1.51. The number of benzene rings is 1. The zero-order chi connectivity index (χ0) is 22.0. The van der Waals surface area contributed by atoms with Crippen LogP contribution in [0.4, 0.5) is 23.3 Å². The first kappa shape index (κ1) is 21.3. The molecule has 0 radical (unpaired) electrons. The molecule has 1 fully saturated rings. The molecule has 3 aromatic rings. The molecule has 3 N–H and O–H groups in total. The summed E-state index contributed by atoms with van der Waals surface area (Å²) in [6, 6.07) is 10.0. The number of aryl methyl sites for hydroxylation is 1. The lowest BCUT2D eigenvalue weighted by Crippen LogP contribution is -2.23. The first-order valence-corrected chi connectivity index (χ1v) is 10.4. The maximum atomic E-state index is 12.6. The summed E-state index contributed by atoms with van der Waals surface area (Å²) >= 11 is 12.2. The minimum absolute atomic E-state index is 0.209. The average Bonchev–Trinajstić information content (AvgIpc) is 3.14. The second kappa shape index (κ2) is 9.05. The van der Waals surface area contributed by atoms with Gasteiger partial charge in [-0.3, -0.25) is 4.79 Å². The van der Waals surface area contributed by atoms with E-state index in [9.17, 15) is 9.90 Å². The van der Waals surface area contributed by atoms with Crippen LogP contribution < -0.4 is 15.5 Å². The van der Waals surface area contributed by atoms with Crippen molar-refractivity contribution in [3.63, 3.8) is 0 Å². The number of aliphatic hydroxyl groups excluding tert-OH is 1. The van der Waals surface area contributed by atoms with Crippen molar-refractivity contribution in [3.05, 3.63) is 63.9 Å². The van der Waals surface area contributed by atoms with Crippen LogP contribution in [0.5, 0.6) is 0 Å². The fourth-order valence-electron chi connectivity index (χ4n) is 3.30. The Hall–Kier alpha value is -2.94. The molecule has 0 unspecified atom stereocenters. The van der Waals surface area contributed by atoms with E-state index in [2.05, 4.69) is 25.6 Å². The molecule has 4 rings (SSSR count). The number of aliphatic hydroxyl groups is 1. The quantitative estimate of drug-likeness (QED) is 0.529. The lowest BCUT2D eigenvalue weighted by atomic mass is 10.2. The minimum atomic E-state index is -0.416. The highest BCUT2D eigenvalue weighted by Gasteiger charge is 2.23. The van der Waals surface area contributed by atoms with Crippen LogP contribution in [0.25, 0.3) is 0 Å². The van der Waals surface area contributed by atoms with Gasteiger partial charge in [-0.15, -0.1) is 0 Å². The van der Waals surface area contributed by atoms with E-state index < -0.39 is 5.91 Å². The number of carbonyl (C=O) groups is 1. The lowest BCUT2D eigenvalue weighted by Gasteiger charge is -2.17. The summed E-state index contributed by atoms with van der Waals surface area (Å²) in [5.74, 6) is 1.19. The van der Waals surface area contributed by atoms with E-state index in [1.165, 1.54) is 0 Å². The van der Waals surface area contributed by atoms with Gasteiger partial charge in [-0.1, -0.05) is 29.3 Å². The van der Waals surface area contributed by atoms with Gasteiger partial charge >= 0.3 is 0 Å². The highest BCUT2D eigenvalue weighted by molar-refractivity contribution is 6.40. The summed E-state index contributed by atoms with van der Waals surface area (Å²) in [4.78, 5) is 27.9. The maximum absolute atomic E-state index is 12.6. The van der Waals surface area contributed by atoms with Crippen LogP contribution in [0.1, 0.15) is 22.5 Å². The molecule has 3 heterocycles. The molecule has 31 heavy (non-hydrogen) atoms. The minimum Gasteiger partial charge on any atom is -0.391 e. The smallest absolute Gasteiger partial charge is 0.258 e. The van der Waals surface area contributed by atoms with Crippen molar-refractivity contribution in [2.45, 2.75) is 19.4 Å². The predicted octanol–water partition coefficient (Wildman–Crippen LogP) is 4.05. The van der Waals surface area contributed by atoms with Crippen molar-refractivity contribution in [1.29, 1.82) is 0 Å². The van der Waals surface area contributed by atoms with Gasteiger partial charge in [0.15, 0.2) is 0 Å². The molecule has 8 nitrogen and oxygen atoms in total. The van der Waals surface area contributed by atoms with Gasteiger partial charge in [0.1, 0.15) is 11.6 Å². The van der Waals surface area contributed by atoms with Crippen LogP contribution in [0.15, 0.2) is 42.6 Å². The molecule has 1 atom stereocenters. The van der Waals surface area contributed by atoms with E-state index in [4.69, 9.17) is 23.2 Å². The third-order valence-corrected chi connectivity index (χ3v) is 5.38. The largest absolute Gasteiger partial charge is 0.391 e. The molecule has 0 saturated carbocycles. The number of carbonyl (C=O) groups excluding carboxylic acids is 1. The summed E-state index contributed by atoms with van der Waals surface area (Å²) in [7, 11) is 0. The monoisotopic (exact) mass is 458 g/mol. The number of halogens is 2. The number of nitrogens with one attached hydrogen (secondary N) is 2. The van der Waals surface area contributed by atoms with Crippen molar-refractivity contribution in [1.82, 2.24) is 15.0 Å². The number of β-amino-alcohol motifs (C(OH)–C–C–N with tert-alkyl or cyclic N) is 1. The first-order valence-electron chi connectivity index (χ1n) is 9.66. The van der Waals surface area contributed by atoms with Gasteiger partial charge in [-0.25, -0.2) is 9.97 Å². The Bertz CT molecular complexity index is 1110. The molecule has 1 saturated heterocycles. The molecule has 0 bridgehead atoms. The number of hydrogen-bond acceptors (Lipinski definition) is 7. The highest BCUT2D eigenvalue weighted by Crippen LogP contribution is 2.26. The van der Waals surface area contributed by atoms with Gasteiger partial charge in [0, 0.05) is 42.8 Å². The number of pyridine rings is 1. The fourth-order valence-corrected chi connectivity index (χ4v) is 3.87. The highest BCUT2D eigenvalue weighted by atomic mass is 35.5. The van der Waals surface area contributed by atoms with Crippen molar-refractivity contribution < 1.29 is 9.90 Å². The van der Waals surface area contributed by atoms with Crippen LogP contribution in [0, 0.1) is 6.92 Å². The molecular weight excluding hydrogens is 439 g/mol. The Morgan fingerprint density at radius 1 is 1.16 bits per heavy atom. The van der Waals surface area contributed by atoms with Crippen molar-refractivity contribution in [2.24, 2.45) is 0 Å². The predicted molar refractivity (Wildman–Crippen MR) is 122 cm³/mol. The second-order valence-electron chi connectivity index (χ2n) is 7.19. The van der Waals surface area contributed by atoms with Gasteiger partial charge in [-0.05, 0) is 31.5 Å². The Morgan fingerprint density at radius 3 is 2.65 bits per heavy atom. The molecule has 0 aliphatic carbocycles. The van der Waals surface area contributed by atoms with Gasteiger partial charge in [-0.2, -0.15) is 4.98 Å². The van der Waals surface area contributed by atoms with Gasteiger partial charge in [0.25, 0.3) is 5.91 Å². The second-order valence-corrected chi connectivity index (χ2v) is 8.00. The topological polar surface area (TPSA) is 103 Å². The van der Waals surface area contributed by atoms with Crippen molar-refractivity contribution in [3.8, 4) is 0 Å². The third kappa shape index (κ3) is 5.04. The van der Waals surface area contributed by atoms with Crippen LogP contribution >= 0.6 is 23.2 Å². The molecule has 1 aromatic carbocycles. The first-order chi connectivity index (χ1) is 14.9. The Kier molecular flexibility index (Phi) is 6.22. The van der Waals surface area contributed by atoms with Crippen LogP contribution in [0.2, 0.25) is 10.0 Å². The van der Waals surface area contributed by atoms with E-state index in [0.717, 1.165) is 5.69 Å². The van der Waals surface area contributed by atoms with Crippen molar-refractivity contribution >= 4 is 52.4 Å². The van der Waals surface area contributed by atoms with E-state index in [-0.39, 0.29) is 21.7 Å². The van der Waals surface area contributed by atoms with Crippen LogP contribution in [0.3, 0.4) is 0 Å². The molecule has 160 valence electrons. The number of hydrogen-bond donors (Lipinski definition) is 3. The van der Waals surface area contributed by atoms with Crippen LogP contribution in [-0.2, 0) is 0 Å². The van der Waals surface area contributed by atoms with E-state index >= 15 is 0 Å². The molecule has 10 heteroatoms. The zero-order valence-electron chi connectivity index (χ0n) is 16.6. The summed E-state index contributed by atoms with van der Waals surface area (Å²) in [6.07, 6.45) is 1.89. The summed E-state index contributed by atoms with van der Waals surface area (Å²) in [5, 5.41) is 16.2. The van der Waals surface area contributed by atoms with Crippen LogP contribution in [-0.4, -0.2) is 45.2 Å².